The number of hydrogen-bond donors (Lipinski definition) is 2. The third-order valence-corrected chi connectivity index (χ3v) is 1.92. The first-order valence-electron chi connectivity index (χ1n) is 5.04. The van der Waals surface area contributed by atoms with Crippen LogP contribution >= 0.6 is 0 Å². The van der Waals surface area contributed by atoms with Crippen LogP contribution < -0.4 is 10.1 Å². The minimum absolute atomic E-state index is 0.0928. The third kappa shape index (κ3) is 5.04. The summed E-state index contributed by atoms with van der Waals surface area (Å²) < 4.78 is 28.5. The van der Waals surface area contributed by atoms with Gasteiger partial charge in [0.25, 0.3) is 6.43 Å². The van der Waals surface area contributed by atoms with Gasteiger partial charge in [-0.2, -0.15) is 0 Å². The Morgan fingerprint density at radius 2 is 1.94 bits per heavy atom. The van der Waals surface area contributed by atoms with Crippen LogP contribution in [-0.2, 0) is 6.54 Å². The molecule has 0 atom stereocenters. The quantitative estimate of drug-likeness (QED) is 0.697. The molecule has 0 saturated heterocycles. The summed E-state index contributed by atoms with van der Waals surface area (Å²) in [7, 11) is 0. The zero-order valence-electron chi connectivity index (χ0n) is 8.83. The van der Waals surface area contributed by atoms with E-state index in [1.54, 1.807) is 24.3 Å². The molecule has 2 N–H and O–H groups in total. The van der Waals surface area contributed by atoms with E-state index in [1.165, 1.54) is 0 Å². The van der Waals surface area contributed by atoms with Gasteiger partial charge in [0.15, 0.2) is 0 Å². The van der Waals surface area contributed by atoms with Crippen LogP contribution in [-0.4, -0.2) is 31.3 Å². The molecule has 0 aliphatic heterocycles. The number of aliphatic hydroxyl groups is 1. The molecule has 0 heterocycles. The van der Waals surface area contributed by atoms with E-state index in [2.05, 4.69) is 5.32 Å². The number of nitrogens with one attached hydrogen (secondary N) is 1. The molecule has 0 aliphatic carbocycles. The van der Waals surface area contributed by atoms with Crippen molar-refractivity contribution in [2.24, 2.45) is 0 Å². The number of ether oxygens (including phenoxy) is 1. The first-order valence-corrected chi connectivity index (χ1v) is 5.04. The first kappa shape index (κ1) is 12.9. The lowest BCUT2D eigenvalue weighted by atomic mass is 10.2. The Balaban J connectivity index is 2.35. The van der Waals surface area contributed by atoms with Gasteiger partial charge in [0.2, 0.25) is 0 Å². The van der Waals surface area contributed by atoms with Crippen LogP contribution in [0.25, 0.3) is 0 Å². The van der Waals surface area contributed by atoms with Crippen molar-refractivity contribution in [2.45, 2.75) is 13.0 Å². The predicted molar refractivity (Wildman–Crippen MR) is 56.7 cm³/mol. The molecular formula is C11H15F2NO2. The Morgan fingerprint density at radius 3 is 2.50 bits per heavy atom. The molecule has 1 aromatic rings. The monoisotopic (exact) mass is 231 g/mol. The van der Waals surface area contributed by atoms with Gasteiger partial charge >= 0.3 is 0 Å². The molecule has 0 spiro atoms. The fourth-order valence-electron chi connectivity index (χ4n) is 1.17. The molecule has 0 aliphatic rings. The standard InChI is InChI=1S/C11H15F2NO2/c12-11(13)8-16-10-3-1-9(2-4-10)7-14-5-6-15/h1-4,11,14-15H,5-8H2. The highest BCUT2D eigenvalue weighted by molar-refractivity contribution is 5.27. The number of hydrogen-bond acceptors (Lipinski definition) is 3. The van der Waals surface area contributed by atoms with Crippen molar-refractivity contribution < 1.29 is 18.6 Å². The Hall–Kier alpha value is -1.20. The topological polar surface area (TPSA) is 41.5 Å². The number of rotatable bonds is 7. The van der Waals surface area contributed by atoms with E-state index in [0.717, 1.165) is 5.56 Å². The molecular weight excluding hydrogens is 216 g/mol. The van der Waals surface area contributed by atoms with Crippen molar-refractivity contribution in [3.05, 3.63) is 29.8 Å². The molecule has 0 bridgehead atoms. The summed E-state index contributed by atoms with van der Waals surface area (Å²) >= 11 is 0. The van der Waals surface area contributed by atoms with Crippen LogP contribution in [0.15, 0.2) is 24.3 Å². The van der Waals surface area contributed by atoms with E-state index in [1.807, 2.05) is 0 Å². The van der Waals surface area contributed by atoms with Gasteiger partial charge in [0.1, 0.15) is 12.4 Å². The minimum Gasteiger partial charge on any atom is -0.488 e. The Kier molecular flexibility index (Phi) is 5.74. The lowest BCUT2D eigenvalue weighted by molar-refractivity contribution is 0.0819. The van der Waals surface area contributed by atoms with Crippen molar-refractivity contribution in [3.8, 4) is 5.75 Å². The van der Waals surface area contributed by atoms with Gasteiger partial charge in [-0.1, -0.05) is 12.1 Å². The number of benzene rings is 1. The van der Waals surface area contributed by atoms with Crippen LogP contribution in [0, 0.1) is 0 Å². The fraction of sp³-hybridized carbons (Fsp3) is 0.455. The molecule has 0 fully saturated rings. The first-order chi connectivity index (χ1) is 7.72. The summed E-state index contributed by atoms with van der Waals surface area (Å²) in [6, 6.07) is 6.90. The van der Waals surface area contributed by atoms with Crippen molar-refractivity contribution >= 4 is 0 Å². The zero-order valence-corrected chi connectivity index (χ0v) is 8.83. The van der Waals surface area contributed by atoms with E-state index in [0.29, 0.717) is 18.8 Å². The molecule has 0 amide bonds. The normalized spacial score (nSPS) is 10.8. The molecule has 90 valence electrons. The van der Waals surface area contributed by atoms with Gasteiger partial charge in [0, 0.05) is 13.1 Å². The summed E-state index contributed by atoms with van der Waals surface area (Å²) in [6.07, 6.45) is -2.45. The summed E-state index contributed by atoms with van der Waals surface area (Å²) in [6.45, 7) is 0.678. The fourth-order valence-corrected chi connectivity index (χ4v) is 1.17. The highest BCUT2D eigenvalue weighted by atomic mass is 19.3. The van der Waals surface area contributed by atoms with E-state index >= 15 is 0 Å². The number of aliphatic hydroxyl groups excluding tert-OH is 1. The lowest BCUT2D eigenvalue weighted by Gasteiger charge is -2.07. The maximum atomic E-state index is 11.8. The highest BCUT2D eigenvalue weighted by Crippen LogP contribution is 2.12. The largest absolute Gasteiger partial charge is 0.488 e. The van der Waals surface area contributed by atoms with Crippen LogP contribution in [0.1, 0.15) is 5.56 Å². The van der Waals surface area contributed by atoms with E-state index in [4.69, 9.17) is 9.84 Å². The van der Waals surface area contributed by atoms with E-state index in [-0.39, 0.29) is 6.61 Å². The molecule has 1 aromatic carbocycles. The average molecular weight is 231 g/mol. The Labute approximate surface area is 93.0 Å². The van der Waals surface area contributed by atoms with Crippen molar-refractivity contribution in [1.29, 1.82) is 0 Å². The Bertz CT molecular complexity index is 291. The van der Waals surface area contributed by atoms with Crippen LogP contribution in [0.5, 0.6) is 5.75 Å². The van der Waals surface area contributed by atoms with Crippen molar-refractivity contribution in [2.75, 3.05) is 19.8 Å². The maximum absolute atomic E-state index is 11.8. The van der Waals surface area contributed by atoms with Crippen molar-refractivity contribution in [1.82, 2.24) is 5.32 Å². The zero-order chi connectivity index (χ0) is 11.8. The summed E-state index contributed by atoms with van der Waals surface area (Å²) in [5.41, 5.74) is 1.01. The smallest absolute Gasteiger partial charge is 0.272 e. The summed E-state index contributed by atoms with van der Waals surface area (Å²) in [5.74, 6) is 0.436. The molecule has 16 heavy (non-hydrogen) atoms. The molecule has 0 radical (unpaired) electrons. The summed E-state index contributed by atoms with van der Waals surface area (Å²) in [5, 5.41) is 11.6. The van der Waals surface area contributed by atoms with Gasteiger partial charge in [-0.05, 0) is 17.7 Å². The second-order valence-corrected chi connectivity index (χ2v) is 3.25. The predicted octanol–water partition coefficient (Wildman–Crippen LogP) is 1.41. The molecule has 0 unspecified atom stereocenters. The molecule has 5 heteroatoms. The van der Waals surface area contributed by atoms with E-state index in [9.17, 15) is 8.78 Å². The Morgan fingerprint density at radius 1 is 1.25 bits per heavy atom. The second-order valence-electron chi connectivity index (χ2n) is 3.25. The molecule has 0 saturated carbocycles. The van der Waals surface area contributed by atoms with Gasteiger partial charge < -0.3 is 15.2 Å². The summed E-state index contributed by atoms with van der Waals surface area (Å²) in [4.78, 5) is 0. The maximum Gasteiger partial charge on any atom is 0.272 e. The molecule has 1 rings (SSSR count). The average Bonchev–Trinajstić information content (AvgIpc) is 2.28. The van der Waals surface area contributed by atoms with Gasteiger partial charge in [-0.25, -0.2) is 8.78 Å². The highest BCUT2D eigenvalue weighted by Gasteiger charge is 2.03. The minimum atomic E-state index is -2.45. The molecule has 0 aromatic heterocycles. The van der Waals surface area contributed by atoms with Gasteiger partial charge in [-0.15, -0.1) is 0 Å². The van der Waals surface area contributed by atoms with Crippen LogP contribution in [0.4, 0.5) is 8.78 Å². The number of halogens is 2. The van der Waals surface area contributed by atoms with Gasteiger partial charge in [-0.3, -0.25) is 0 Å². The second kappa shape index (κ2) is 7.14. The lowest BCUT2D eigenvalue weighted by Crippen LogP contribution is -2.17. The number of alkyl halides is 2. The SMILES string of the molecule is OCCNCc1ccc(OCC(F)F)cc1. The molecule has 3 nitrogen and oxygen atoms in total. The van der Waals surface area contributed by atoms with E-state index < -0.39 is 13.0 Å². The van der Waals surface area contributed by atoms with Crippen LogP contribution in [0.2, 0.25) is 0 Å². The van der Waals surface area contributed by atoms with Crippen molar-refractivity contribution in [3.63, 3.8) is 0 Å². The van der Waals surface area contributed by atoms with Gasteiger partial charge in [0.05, 0.1) is 6.61 Å². The third-order valence-electron chi connectivity index (χ3n) is 1.92. The van der Waals surface area contributed by atoms with Crippen LogP contribution in [0.3, 0.4) is 0 Å².